The van der Waals surface area contributed by atoms with Crippen molar-refractivity contribution in [3.8, 4) is 17.2 Å². The van der Waals surface area contributed by atoms with E-state index in [4.69, 9.17) is 14.2 Å². The summed E-state index contributed by atoms with van der Waals surface area (Å²) in [5.41, 5.74) is 17.8. The molecule has 3 fully saturated rings. The van der Waals surface area contributed by atoms with E-state index in [1.165, 1.54) is 89.0 Å². The van der Waals surface area contributed by atoms with Crippen LogP contribution in [0.25, 0.3) is 33.4 Å². The van der Waals surface area contributed by atoms with Crippen molar-refractivity contribution >= 4 is 81.2 Å². The molecule has 3 saturated heterocycles. The van der Waals surface area contributed by atoms with Gasteiger partial charge in [-0.1, -0.05) is 212 Å². The third-order valence-electron chi connectivity index (χ3n) is 18.1. The Labute approximate surface area is 601 Å². The molecule has 3 atom stereocenters. The Hall–Kier alpha value is -7.20. The number of hydrogen-bond acceptors (Lipinski definition) is 9. The largest absolute Gasteiger partial charge is 0.494 e. The van der Waals surface area contributed by atoms with Gasteiger partial charge in [0, 0.05) is 71.5 Å². The summed E-state index contributed by atoms with van der Waals surface area (Å²) in [6.07, 6.45) is 9.33. The molecule has 12 rings (SSSR count). The van der Waals surface area contributed by atoms with Gasteiger partial charge in [-0.3, -0.25) is 4.90 Å². The average Bonchev–Trinajstić information content (AvgIpc) is 1.31. The van der Waals surface area contributed by atoms with E-state index in [-0.39, 0.29) is 19.8 Å². The summed E-state index contributed by atoms with van der Waals surface area (Å²) >= 11 is 10.7. The number of hydrogen-bond donors (Lipinski definition) is 3. The Morgan fingerprint density at radius 1 is 0.371 bits per heavy atom. The molecule has 9 aromatic carbocycles. The summed E-state index contributed by atoms with van der Waals surface area (Å²) in [6.45, 7) is 8.49. The van der Waals surface area contributed by atoms with Gasteiger partial charge in [-0.15, -0.1) is 0 Å². The van der Waals surface area contributed by atoms with Crippen LogP contribution in [0.2, 0.25) is 0 Å². The van der Waals surface area contributed by atoms with Gasteiger partial charge < -0.3 is 39.3 Å². The second-order valence-electron chi connectivity index (χ2n) is 25.1. The smallest absolute Gasteiger partial charge is 0.119 e. The molecule has 0 radical (unpaired) electrons. The summed E-state index contributed by atoms with van der Waals surface area (Å²) in [5.74, 6) is 2.72. The Morgan fingerprint density at radius 3 is 1.01 bits per heavy atom. The highest BCUT2D eigenvalue weighted by molar-refractivity contribution is 9.11. The lowest BCUT2D eigenvalue weighted by atomic mass is 9.87. The molecule has 12 heteroatoms. The third kappa shape index (κ3) is 22.1. The fourth-order valence-corrected chi connectivity index (χ4v) is 13.3. The fraction of sp³-hybridized carbons (Fsp3) is 0.294. The summed E-state index contributed by atoms with van der Waals surface area (Å²) in [4.78, 5) is 7.11. The minimum atomic E-state index is 0.173. The van der Waals surface area contributed by atoms with E-state index in [0.29, 0.717) is 6.04 Å². The van der Waals surface area contributed by atoms with Crippen LogP contribution in [0, 0.1) is 0 Å². The summed E-state index contributed by atoms with van der Waals surface area (Å²) in [5, 5.41) is 28.7. The van der Waals surface area contributed by atoms with E-state index < -0.39 is 0 Å². The molecule has 0 saturated carbocycles. The number of likely N-dealkylation sites (N-methyl/N-ethyl adjacent to an activating group) is 2. The molecule has 0 amide bonds. The van der Waals surface area contributed by atoms with Gasteiger partial charge in [0.05, 0.1) is 6.61 Å². The first-order chi connectivity index (χ1) is 47.5. The molecule has 0 bridgehead atoms. The highest BCUT2D eigenvalue weighted by Crippen LogP contribution is 2.40. The Balaban J connectivity index is 0.000000158. The number of rotatable bonds is 30. The first-order valence-electron chi connectivity index (χ1n) is 34.3. The third-order valence-corrected chi connectivity index (χ3v) is 19.7. The van der Waals surface area contributed by atoms with E-state index in [0.717, 1.165) is 148 Å². The molecule has 3 heterocycles. The van der Waals surface area contributed by atoms with Gasteiger partial charge in [0.2, 0.25) is 0 Å². The molecule has 3 aliphatic heterocycles. The quantitative estimate of drug-likeness (QED) is 0.0231. The number of aliphatic hydroxyl groups excluding tert-OH is 3. The number of nitrogens with zero attached hydrogens (tertiary/aromatic N) is 3. The van der Waals surface area contributed by atoms with E-state index in [2.05, 4.69) is 295 Å². The van der Waals surface area contributed by atoms with Gasteiger partial charge in [0.15, 0.2) is 0 Å². The van der Waals surface area contributed by atoms with Crippen molar-refractivity contribution in [2.24, 2.45) is 0 Å². The van der Waals surface area contributed by atoms with Crippen LogP contribution in [0.15, 0.2) is 250 Å². The molecule has 3 unspecified atom stereocenters. The normalized spacial score (nSPS) is 16.5. The molecule has 504 valence electrons. The van der Waals surface area contributed by atoms with Gasteiger partial charge in [-0.25, -0.2) is 0 Å². The number of aliphatic hydroxyl groups is 3. The van der Waals surface area contributed by atoms with Crippen LogP contribution in [-0.4, -0.2) is 129 Å². The van der Waals surface area contributed by atoms with Crippen molar-refractivity contribution in [2.75, 3.05) is 86.5 Å². The van der Waals surface area contributed by atoms with Crippen molar-refractivity contribution in [2.45, 2.75) is 76.3 Å². The number of allylic oxidation sites excluding steroid dienone is 3. The SMILES string of the molecule is CN1CC1CCCOc1ccc(/C(=C(/CCCO)c2ccccc2)c2ccc(Br)cc2)cc1.CN1CCCC1COc1ccc(/C(=C(/CCCO)c2ccccc2)c2ccc(Br)cc2)cc1.OCCC/C(=C(\c1ccc(Br)cc1)c1ccc(OCCN2CC2)cc1)c1ccccc1. The maximum atomic E-state index is 9.58. The Kier molecular flexibility index (Phi) is 28.6. The standard InChI is InChI=1S/2C29H32BrNO2.C27H28BrNO2/c1-31-21-26(31)9-6-20-33-27-17-13-24(14-18-27)29(23-11-15-25(30)16-12-23)28(10-5-19-32)22-7-3-2-4-8-22;1-31-19-5-9-26(31)21-33-27-17-13-24(14-18-27)29(23-11-15-25(30)16-12-23)28(10-6-20-32)22-7-3-2-4-8-22;28-24-12-8-22(9-13-24)27(26(7-4-19-30)21-5-2-1-3-6-21)23-10-14-25(15-11-23)31-20-18-29-16-17-29/h2*2-4,7-8,11-18,26,32H,5-6,9-10,19-21H2,1H3;1-3,5-6,8-15,30H,4,7,16-20H2/b2*29-28-;27-26-. The van der Waals surface area contributed by atoms with Crippen molar-refractivity contribution in [1.29, 1.82) is 0 Å². The number of benzene rings is 9. The lowest BCUT2D eigenvalue weighted by Crippen LogP contribution is -2.30. The zero-order valence-electron chi connectivity index (χ0n) is 56.1. The van der Waals surface area contributed by atoms with Gasteiger partial charge in [0.1, 0.15) is 30.5 Å². The van der Waals surface area contributed by atoms with E-state index in [9.17, 15) is 15.3 Å². The topological polar surface area (TPSA) is 97.6 Å². The number of ether oxygens (including phenoxy) is 3. The van der Waals surface area contributed by atoms with Crippen LogP contribution in [0.4, 0.5) is 0 Å². The molecule has 0 aliphatic carbocycles. The number of likely N-dealkylation sites (tertiary alicyclic amines) is 1. The predicted molar refractivity (Wildman–Crippen MR) is 412 cm³/mol. The van der Waals surface area contributed by atoms with Crippen molar-refractivity contribution in [1.82, 2.24) is 14.7 Å². The first-order valence-corrected chi connectivity index (χ1v) is 36.7. The first kappa shape index (κ1) is 72.5. The molecule has 3 aliphatic rings. The summed E-state index contributed by atoms with van der Waals surface area (Å²) in [7, 11) is 4.35. The Morgan fingerprint density at radius 2 is 0.701 bits per heavy atom. The van der Waals surface area contributed by atoms with Crippen LogP contribution in [0.3, 0.4) is 0 Å². The van der Waals surface area contributed by atoms with Gasteiger partial charge in [-0.2, -0.15) is 0 Å². The van der Waals surface area contributed by atoms with Crippen molar-refractivity contribution in [3.05, 3.63) is 300 Å². The predicted octanol–water partition coefficient (Wildman–Crippen LogP) is 19.2. The highest BCUT2D eigenvalue weighted by atomic mass is 79.9. The van der Waals surface area contributed by atoms with Crippen LogP contribution in [0.5, 0.6) is 17.2 Å². The molecule has 9 nitrogen and oxygen atoms in total. The van der Waals surface area contributed by atoms with E-state index in [1.807, 2.05) is 18.2 Å². The molecule has 3 N–H and O–H groups in total. The highest BCUT2D eigenvalue weighted by Gasteiger charge is 2.28. The fourth-order valence-electron chi connectivity index (χ4n) is 12.6. The summed E-state index contributed by atoms with van der Waals surface area (Å²) in [6, 6.07) is 83.5. The second-order valence-corrected chi connectivity index (χ2v) is 27.8. The maximum absolute atomic E-state index is 9.58. The lowest BCUT2D eigenvalue weighted by molar-refractivity contribution is 0.198. The van der Waals surface area contributed by atoms with Crippen LogP contribution in [0.1, 0.15) is 114 Å². The lowest BCUT2D eigenvalue weighted by Gasteiger charge is -2.20. The molecular formula is C85H92Br3N3O6. The van der Waals surface area contributed by atoms with Crippen LogP contribution >= 0.6 is 47.8 Å². The summed E-state index contributed by atoms with van der Waals surface area (Å²) < 4.78 is 21.2. The van der Waals surface area contributed by atoms with Crippen molar-refractivity contribution < 1.29 is 29.5 Å². The Bertz CT molecular complexity index is 3900. The van der Waals surface area contributed by atoms with Gasteiger partial charge >= 0.3 is 0 Å². The zero-order chi connectivity index (χ0) is 67.6. The van der Waals surface area contributed by atoms with Crippen LogP contribution < -0.4 is 14.2 Å². The molecule has 97 heavy (non-hydrogen) atoms. The van der Waals surface area contributed by atoms with Crippen LogP contribution in [-0.2, 0) is 0 Å². The van der Waals surface area contributed by atoms with Gasteiger partial charge in [0.25, 0.3) is 0 Å². The molecule has 9 aromatic rings. The van der Waals surface area contributed by atoms with Crippen molar-refractivity contribution in [3.63, 3.8) is 0 Å². The van der Waals surface area contributed by atoms with E-state index >= 15 is 0 Å². The van der Waals surface area contributed by atoms with E-state index in [1.54, 1.807) is 0 Å². The zero-order valence-corrected chi connectivity index (χ0v) is 60.8. The van der Waals surface area contributed by atoms with Gasteiger partial charge in [-0.05, 0) is 241 Å². The molecular weight excluding hydrogens is 1400 g/mol. The monoisotopic (exact) mass is 1490 g/mol. The molecule has 0 aromatic heterocycles. The minimum Gasteiger partial charge on any atom is -0.494 e. The second kappa shape index (κ2) is 38.2. The molecule has 0 spiro atoms. The maximum Gasteiger partial charge on any atom is 0.119 e. The average molecular weight is 1490 g/mol. The number of halogens is 3. The minimum absolute atomic E-state index is 0.173.